The van der Waals surface area contributed by atoms with E-state index in [0.717, 1.165) is 22.7 Å². The smallest absolute Gasteiger partial charge is 0.285 e. The average molecular weight is 580 g/mol. The van der Waals surface area contributed by atoms with Crippen LogP contribution in [0.2, 0.25) is 5.15 Å². The fourth-order valence-electron chi connectivity index (χ4n) is 4.75. The zero-order chi connectivity index (χ0) is 28.9. The van der Waals surface area contributed by atoms with Crippen LogP contribution >= 0.6 is 11.6 Å². The van der Waals surface area contributed by atoms with Crippen molar-refractivity contribution in [2.75, 3.05) is 11.6 Å². The Bertz CT molecular complexity index is 2000. The highest BCUT2D eigenvalue weighted by Crippen LogP contribution is 2.34. The van der Waals surface area contributed by atoms with Gasteiger partial charge in [0.15, 0.2) is 16.9 Å². The van der Waals surface area contributed by atoms with E-state index >= 15 is 0 Å². The van der Waals surface area contributed by atoms with E-state index in [1.807, 2.05) is 55.9 Å². The molecule has 2 aromatic carbocycles. The average Bonchev–Trinajstić information content (AvgIpc) is 3.22. The third kappa shape index (κ3) is 5.05. The predicted molar refractivity (Wildman–Crippen MR) is 155 cm³/mol. The number of nitrogens with one attached hydrogen (secondary N) is 2. The van der Waals surface area contributed by atoms with Crippen molar-refractivity contribution in [3.63, 3.8) is 0 Å². The van der Waals surface area contributed by atoms with Crippen molar-refractivity contribution in [2.24, 2.45) is 7.05 Å². The quantitative estimate of drug-likeness (QED) is 0.272. The summed E-state index contributed by atoms with van der Waals surface area (Å²) >= 11 is 6.01. The van der Waals surface area contributed by atoms with Gasteiger partial charge in [0.2, 0.25) is 10.0 Å². The van der Waals surface area contributed by atoms with E-state index in [9.17, 15) is 18.0 Å². The van der Waals surface area contributed by atoms with E-state index in [1.165, 1.54) is 12.1 Å². The summed E-state index contributed by atoms with van der Waals surface area (Å²) in [6.45, 7) is 5.43. The van der Waals surface area contributed by atoms with Crippen LogP contribution in [0, 0.1) is 13.8 Å². The molecule has 3 heterocycles. The van der Waals surface area contributed by atoms with Crippen LogP contribution in [0.15, 0.2) is 57.7 Å². The predicted octanol–water partition coefficient (Wildman–Crippen LogP) is 4.87. The van der Waals surface area contributed by atoms with E-state index in [2.05, 4.69) is 15.4 Å². The number of aromatic nitrogens is 3. The molecule has 0 aliphatic heterocycles. The Balaban J connectivity index is 1.66. The Kier molecular flexibility index (Phi) is 6.89. The lowest BCUT2D eigenvalue weighted by atomic mass is 9.99. The summed E-state index contributed by atoms with van der Waals surface area (Å²) in [7, 11) is -2.01. The summed E-state index contributed by atoms with van der Waals surface area (Å²) in [5, 5.41) is 9.14. The van der Waals surface area contributed by atoms with Gasteiger partial charge in [0, 0.05) is 23.6 Å². The molecule has 1 atom stereocenters. The van der Waals surface area contributed by atoms with E-state index in [-0.39, 0.29) is 22.0 Å². The van der Waals surface area contributed by atoms with Crippen molar-refractivity contribution >= 4 is 55.1 Å². The fraction of sp³-hybridized carbons (Fsp3) is 0.214. The van der Waals surface area contributed by atoms with Crippen molar-refractivity contribution in [3.8, 4) is 11.5 Å². The van der Waals surface area contributed by atoms with Crippen molar-refractivity contribution in [1.29, 1.82) is 0 Å². The minimum absolute atomic E-state index is 0.0200. The summed E-state index contributed by atoms with van der Waals surface area (Å²) < 4.78 is 33.5. The normalized spacial score (nSPS) is 12.6. The van der Waals surface area contributed by atoms with Gasteiger partial charge < -0.3 is 9.73 Å². The molecule has 5 rings (SSSR count). The molecule has 1 amide bonds. The molecule has 2 N–H and O–H groups in total. The molecule has 0 bridgehead atoms. The number of rotatable bonds is 6. The number of amides is 1. The molecule has 0 aliphatic rings. The van der Waals surface area contributed by atoms with Gasteiger partial charge in [-0.05, 0) is 50.6 Å². The Hall–Kier alpha value is -4.22. The van der Waals surface area contributed by atoms with Crippen LogP contribution in [0.25, 0.3) is 33.3 Å². The topological polar surface area (TPSA) is 136 Å². The second-order valence-electron chi connectivity index (χ2n) is 9.71. The maximum atomic E-state index is 13.6. The van der Waals surface area contributed by atoms with Crippen LogP contribution < -0.4 is 15.5 Å². The summed E-state index contributed by atoms with van der Waals surface area (Å²) in [6, 6.07) is 13.9. The summed E-state index contributed by atoms with van der Waals surface area (Å²) in [5.41, 5.74) is 3.63. The van der Waals surface area contributed by atoms with Gasteiger partial charge in [0.25, 0.3) is 5.91 Å². The van der Waals surface area contributed by atoms with Crippen LogP contribution in [0.5, 0.6) is 0 Å². The van der Waals surface area contributed by atoms with Crippen molar-refractivity contribution in [2.45, 2.75) is 26.8 Å². The van der Waals surface area contributed by atoms with Gasteiger partial charge in [-0.2, -0.15) is 5.10 Å². The zero-order valence-corrected chi connectivity index (χ0v) is 23.9. The number of nitrogens with zero attached hydrogens (tertiary/aromatic N) is 3. The molecule has 5 aromatic rings. The van der Waals surface area contributed by atoms with Crippen molar-refractivity contribution in [1.82, 2.24) is 19.5 Å². The van der Waals surface area contributed by atoms with Crippen LogP contribution in [-0.2, 0) is 17.1 Å². The van der Waals surface area contributed by atoms with Crippen LogP contribution in [0.4, 0.5) is 5.69 Å². The number of carbonyl (C=O) groups excluding carboxylic acids is 1. The molecule has 40 heavy (non-hydrogen) atoms. The molecule has 206 valence electrons. The molecular formula is C28H26ClN5O5S. The summed E-state index contributed by atoms with van der Waals surface area (Å²) in [4.78, 5) is 30.3. The maximum absolute atomic E-state index is 13.6. The highest BCUT2D eigenvalue weighted by molar-refractivity contribution is 7.89. The monoisotopic (exact) mass is 579 g/mol. The first-order valence-corrected chi connectivity index (χ1v) is 14.6. The second-order valence-corrected chi connectivity index (χ2v) is 11.8. The van der Waals surface area contributed by atoms with Crippen LogP contribution in [-0.4, -0.2) is 35.3 Å². The number of benzene rings is 2. The molecule has 10 nitrogen and oxygen atoms in total. The highest BCUT2D eigenvalue weighted by atomic mass is 35.5. The van der Waals surface area contributed by atoms with Crippen LogP contribution in [0.3, 0.4) is 0 Å². The highest BCUT2D eigenvalue weighted by Gasteiger charge is 2.24. The van der Waals surface area contributed by atoms with Crippen molar-refractivity contribution in [3.05, 3.63) is 86.3 Å². The molecular weight excluding hydrogens is 554 g/mol. The largest absolute Gasteiger partial charge is 0.453 e. The maximum Gasteiger partial charge on any atom is 0.285 e. The first-order chi connectivity index (χ1) is 18.8. The summed E-state index contributed by atoms with van der Waals surface area (Å²) in [6.07, 6.45) is 0.871. The molecule has 0 radical (unpaired) electrons. The molecule has 0 unspecified atom stereocenters. The van der Waals surface area contributed by atoms with Gasteiger partial charge in [-0.15, -0.1) is 0 Å². The Labute approximate surface area is 235 Å². The molecule has 0 saturated heterocycles. The standard InChI is InChI=1S/C28H26ClN5O5S/c1-14-12-18(16(3)30-20-10-11-22(29)31-24(20)28(36)33-40(5,37)38)27-19(13-14)25(35)15(2)26(39-27)23-17-8-6-7-9-21(17)34(4)32-23/h6-13,16,30H,1-5H3,(H,33,36)/t16-/m1/s1. The van der Waals surface area contributed by atoms with E-state index in [1.54, 1.807) is 17.7 Å². The zero-order valence-electron chi connectivity index (χ0n) is 22.4. The lowest BCUT2D eigenvalue weighted by molar-refractivity contribution is 0.0977. The molecule has 0 spiro atoms. The molecule has 0 saturated carbocycles. The van der Waals surface area contributed by atoms with Crippen molar-refractivity contribution < 1.29 is 17.6 Å². The number of halogens is 1. The number of pyridine rings is 1. The molecule has 3 aromatic heterocycles. The first kappa shape index (κ1) is 27.4. The van der Waals surface area contributed by atoms with Gasteiger partial charge in [-0.25, -0.2) is 18.1 Å². The number of para-hydroxylation sites is 1. The van der Waals surface area contributed by atoms with Gasteiger partial charge in [-0.1, -0.05) is 35.9 Å². The number of aryl methyl sites for hydroxylation is 2. The van der Waals surface area contributed by atoms with Gasteiger partial charge >= 0.3 is 0 Å². The Morgan fingerprint density at radius 3 is 2.55 bits per heavy atom. The number of carbonyl (C=O) groups is 1. The minimum atomic E-state index is -3.84. The number of hydrogen-bond donors (Lipinski definition) is 2. The van der Waals surface area contributed by atoms with Gasteiger partial charge in [-0.3, -0.25) is 14.3 Å². The van der Waals surface area contributed by atoms with E-state index in [4.69, 9.17) is 16.0 Å². The Morgan fingerprint density at radius 1 is 1.10 bits per heavy atom. The SMILES string of the molecule is Cc1cc([C@@H](C)Nc2ccc(Cl)nc2C(=O)NS(C)(=O)=O)c2oc(-c3nn(C)c4ccccc34)c(C)c(=O)c2c1. The lowest BCUT2D eigenvalue weighted by Crippen LogP contribution is -2.31. The molecule has 12 heteroatoms. The number of hydrogen-bond acceptors (Lipinski definition) is 8. The van der Waals surface area contributed by atoms with Gasteiger partial charge in [0.05, 0.1) is 28.9 Å². The third-order valence-electron chi connectivity index (χ3n) is 6.56. The summed E-state index contributed by atoms with van der Waals surface area (Å²) in [5.74, 6) is -0.562. The first-order valence-electron chi connectivity index (χ1n) is 12.3. The Morgan fingerprint density at radius 2 is 1.82 bits per heavy atom. The minimum Gasteiger partial charge on any atom is -0.453 e. The number of anilines is 1. The second kappa shape index (κ2) is 10.1. The fourth-order valence-corrected chi connectivity index (χ4v) is 5.33. The van der Waals surface area contributed by atoms with Gasteiger partial charge in [0.1, 0.15) is 16.4 Å². The van der Waals surface area contributed by atoms with E-state index in [0.29, 0.717) is 33.6 Å². The number of sulfonamides is 1. The molecule has 0 fully saturated rings. The lowest BCUT2D eigenvalue weighted by Gasteiger charge is -2.20. The van der Waals surface area contributed by atoms with E-state index < -0.39 is 22.0 Å². The number of fused-ring (bicyclic) bond motifs is 2. The molecule has 0 aliphatic carbocycles. The third-order valence-corrected chi connectivity index (χ3v) is 7.32. The van der Waals surface area contributed by atoms with Crippen LogP contribution in [0.1, 0.15) is 40.1 Å².